The van der Waals surface area contributed by atoms with Gasteiger partial charge >= 0.3 is 5.95 Å². The third-order valence-corrected chi connectivity index (χ3v) is 6.79. The molecule has 1 aliphatic rings. The summed E-state index contributed by atoms with van der Waals surface area (Å²) in [5.74, 6) is 0.908. The van der Waals surface area contributed by atoms with Gasteiger partial charge in [-0.1, -0.05) is 5.11 Å². The lowest BCUT2D eigenvalue weighted by Crippen LogP contribution is -3.00. The van der Waals surface area contributed by atoms with Crippen molar-refractivity contribution in [3.8, 4) is 5.75 Å². The molecule has 1 aliphatic heterocycles. The number of hydrogen-bond acceptors (Lipinski definition) is 11. The largest absolute Gasteiger partial charge is 1.00 e. The lowest BCUT2D eigenvalue weighted by molar-refractivity contribution is -0.670. The summed E-state index contributed by atoms with van der Waals surface area (Å²) in [6.07, 6.45) is 8.38. The quantitative estimate of drug-likeness (QED) is 0.126. The van der Waals surface area contributed by atoms with Gasteiger partial charge in [0.2, 0.25) is 0 Å². The molecule has 0 atom stereocenters. The van der Waals surface area contributed by atoms with Gasteiger partial charge in [-0.25, -0.2) is 22.1 Å². The third kappa shape index (κ3) is 9.54. The molecule has 1 fully saturated rings. The number of pyridine rings is 1. The fourth-order valence-electron chi connectivity index (χ4n) is 4.31. The summed E-state index contributed by atoms with van der Waals surface area (Å²) in [4.78, 5) is 4.63. The number of anilines is 2. The van der Waals surface area contributed by atoms with Crippen molar-refractivity contribution >= 4 is 44.5 Å². The Bertz CT molecular complexity index is 1690. The monoisotopic (exact) mass is 643 g/mol. The molecule has 2 aromatic heterocycles. The molecule has 0 unspecified atom stereocenters. The lowest BCUT2D eigenvalue weighted by Gasteiger charge is -2.37. The van der Waals surface area contributed by atoms with E-state index in [1.54, 1.807) is 6.07 Å². The smallest absolute Gasteiger partial charge is 0.421 e. The highest BCUT2D eigenvalue weighted by Gasteiger charge is 2.19. The fraction of sp³-hybridized carbons (Fsp3) is 0.286. The summed E-state index contributed by atoms with van der Waals surface area (Å²) in [7, 11) is 2.11. The molecule has 0 amide bonds. The first-order valence-corrected chi connectivity index (χ1v) is 15.1. The number of imidazole rings is 1. The van der Waals surface area contributed by atoms with Crippen molar-refractivity contribution in [2.75, 3.05) is 42.2 Å². The predicted octanol–water partition coefficient (Wildman–Crippen LogP) is -0.221. The van der Waals surface area contributed by atoms with Gasteiger partial charge < -0.3 is 36.9 Å². The Hall–Kier alpha value is -4.44. The summed E-state index contributed by atoms with van der Waals surface area (Å²) >= 11 is 0. The molecule has 0 bridgehead atoms. The van der Waals surface area contributed by atoms with Crippen LogP contribution in [0, 0.1) is 0 Å². The number of hydrogen-bond donors (Lipinski definition) is 1. The van der Waals surface area contributed by atoms with Gasteiger partial charge in [-0.05, 0) is 42.5 Å². The second kappa shape index (κ2) is 15.3. The summed E-state index contributed by atoms with van der Waals surface area (Å²) < 4.78 is 27.4. The average Bonchev–Trinajstić information content (AvgIpc) is 3.32. The van der Waals surface area contributed by atoms with E-state index < -0.39 is 10.1 Å². The number of aromatic nitrogens is 3. The Morgan fingerprint density at radius 3 is 2.00 bits per heavy atom. The minimum atomic E-state index is -3.72. The molecule has 5 rings (SSSR count). The normalized spacial score (nSPS) is 13.6. The van der Waals surface area contributed by atoms with Gasteiger partial charge in [0.25, 0.3) is 10.1 Å². The van der Waals surface area contributed by atoms with Crippen molar-refractivity contribution in [2.24, 2.45) is 41.6 Å². The molecule has 3 heterocycles. The highest BCUT2D eigenvalue weighted by Crippen LogP contribution is 2.33. The minimum Gasteiger partial charge on any atom is -1.00 e. The highest BCUT2D eigenvalue weighted by molar-refractivity contribution is 7.85. The van der Waals surface area contributed by atoms with E-state index in [1.807, 2.05) is 96.0 Å². The summed E-state index contributed by atoms with van der Waals surface area (Å²) in [6.45, 7) is 3.47. The van der Waals surface area contributed by atoms with E-state index in [0.29, 0.717) is 11.9 Å². The Morgan fingerprint density at radius 2 is 1.45 bits per heavy atom. The molecule has 16 heteroatoms. The number of phenolic OH excluding ortho intramolecular Hbond substituents is 1. The fourth-order valence-corrected chi connectivity index (χ4v) is 4.31. The van der Waals surface area contributed by atoms with E-state index in [-0.39, 0.29) is 18.2 Å². The van der Waals surface area contributed by atoms with Crippen LogP contribution in [0.25, 0.3) is 0 Å². The molecule has 14 nitrogen and oxygen atoms in total. The van der Waals surface area contributed by atoms with Gasteiger partial charge in [-0.2, -0.15) is 0 Å². The molecular formula is C28H34ClN9O5S. The van der Waals surface area contributed by atoms with Crippen LogP contribution in [0.1, 0.15) is 0 Å². The molecule has 1 N–H and O–H groups in total. The maximum absolute atomic E-state index is 10.5. The minimum absolute atomic E-state index is 0. The number of benzene rings is 2. The maximum Gasteiger partial charge on any atom is 0.421 e. The number of aromatic hydroxyl groups is 1. The number of aryl methyl sites for hydroxylation is 3. The van der Waals surface area contributed by atoms with Crippen LogP contribution in [-0.2, 0) is 35.6 Å². The molecule has 0 spiro atoms. The number of rotatable bonds is 7. The first kappa shape index (κ1) is 34.1. The van der Waals surface area contributed by atoms with E-state index in [9.17, 15) is 13.5 Å². The molecular weight excluding hydrogens is 610 g/mol. The molecule has 44 heavy (non-hydrogen) atoms. The Labute approximate surface area is 262 Å². The molecule has 4 aromatic rings. The highest BCUT2D eigenvalue weighted by atomic mass is 35.5. The van der Waals surface area contributed by atoms with E-state index in [0.717, 1.165) is 54.9 Å². The van der Waals surface area contributed by atoms with E-state index in [1.165, 1.54) is 0 Å². The molecule has 1 saturated heterocycles. The van der Waals surface area contributed by atoms with Crippen LogP contribution in [0.3, 0.4) is 0 Å². The van der Waals surface area contributed by atoms with Crippen LogP contribution < -0.4 is 36.6 Å². The number of phenols is 1. The van der Waals surface area contributed by atoms with Gasteiger partial charge in [-0.15, -0.1) is 10.2 Å². The number of halogens is 1. The maximum atomic E-state index is 10.5. The summed E-state index contributed by atoms with van der Waals surface area (Å²) in [6, 6.07) is 17.5. The first-order valence-electron chi connectivity index (χ1n) is 13.3. The molecule has 0 aliphatic carbocycles. The van der Waals surface area contributed by atoms with Crippen molar-refractivity contribution in [3.63, 3.8) is 0 Å². The molecule has 234 valence electrons. The Kier molecular flexibility index (Phi) is 11.9. The number of nitrogens with zero attached hydrogens (tertiary/aromatic N) is 9. The van der Waals surface area contributed by atoms with E-state index in [4.69, 9.17) is 5.26 Å². The SMILES string of the molecule is CS(=O)(=O)O[O-].Cn1cc[n+](C)c1N=Nc1ccc(N2CCN(c3ccc(N=Nc4ccc[n+](C)c4)c(O)c3)CC2)cc1.[Cl-]. The van der Waals surface area contributed by atoms with Crippen LogP contribution in [0.15, 0.2) is 99.8 Å². The van der Waals surface area contributed by atoms with Crippen molar-refractivity contribution in [3.05, 3.63) is 79.4 Å². The zero-order valence-electron chi connectivity index (χ0n) is 24.7. The average molecular weight is 644 g/mol. The second-order valence-electron chi connectivity index (χ2n) is 9.88. The molecule has 0 radical (unpaired) electrons. The zero-order chi connectivity index (χ0) is 31.0. The molecule has 2 aromatic carbocycles. The Balaban J connectivity index is 0.000000689. The summed E-state index contributed by atoms with van der Waals surface area (Å²) in [5, 5.41) is 36.6. The number of piperazine rings is 1. The van der Waals surface area contributed by atoms with Crippen LogP contribution in [0.5, 0.6) is 5.75 Å². The van der Waals surface area contributed by atoms with Crippen molar-refractivity contribution in [1.29, 1.82) is 0 Å². The molecule has 0 saturated carbocycles. The van der Waals surface area contributed by atoms with Crippen molar-refractivity contribution in [2.45, 2.75) is 0 Å². The van der Waals surface area contributed by atoms with Crippen LogP contribution in [-0.4, -0.2) is 50.5 Å². The first-order chi connectivity index (χ1) is 20.5. The van der Waals surface area contributed by atoms with Gasteiger partial charge in [0, 0.05) is 54.8 Å². The third-order valence-electron chi connectivity index (χ3n) is 6.54. The van der Waals surface area contributed by atoms with Crippen molar-refractivity contribution in [1.82, 2.24) is 4.57 Å². The summed E-state index contributed by atoms with van der Waals surface area (Å²) in [5.41, 5.74) is 4.14. The van der Waals surface area contributed by atoms with E-state index in [2.05, 4.69) is 46.7 Å². The van der Waals surface area contributed by atoms with Crippen LogP contribution in [0.2, 0.25) is 0 Å². The van der Waals surface area contributed by atoms with Crippen molar-refractivity contribution < 1.29 is 44.7 Å². The topological polar surface area (TPSA) is 155 Å². The second-order valence-corrected chi connectivity index (χ2v) is 11.4. The van der Waals surface area contributed by atoms with Gasteiger partial charge in [0.05, 0.1) is 32.7 Å². The number of azo groups is 2. The standard InChI is InChI=1S/C27H30N9O.CH4O4S.ClH/c1-32-12-4-5-22(20-32)29-30-25-11-10-24(19-26(25)37)36-17-15-35(16-18-36)23-8-6-21(7-9-23)28-31-27-33(2)13-14-34(27)3;1-6(3,4)5-2;/h4-14,19-20H,15-18H2,1-3H3;2H,1H3;1H/q+1;;/p-1. The predicted molar refractivity (Wildman–Crippen MR) is 157 cm³/mol. The van der Waals surface area contributed by atoms with E-state index >= 15 is 0 Å². The van der Waals surface area contributed by atoms with Crippen LogP contribution in [0.4, 0.5) is 34.4 Å². The van der Waals surface area contributed by atoms with Gasteiger partial charge in [-0.3, -0.25) is 0 Å². The Morgan fingerprint density at radius 1 is 0.864 bits per heavy atom. The van der Waals surface area contributed by atoms with Gasteiger partial charge in [0.15, 0.2) is 12.4 Å². The van der Waals surface area contributed by atoms with Crippen LogP contribution >= 0.6 is 0 Å². The lowest BCUT2D eigenvalue weighted by atomic mass is 10.2. The van der Waals surface area contributed by atoms with Gasteiger partial charge in [0.1, 0.15) is 29.9 Å². The zero-order valence-corrected chi connectivity index (χ0v) is 26.3.